The van der Waals surface area contributed by atoms with Crippen molar-refractivity contribution in [1.82, 2.24) is 9.55 Å². The number of nitrogens with zero attached hydrogens (tertiary/aromatic N) is 1. The lowest BCUT2D eigenvalue weighted by Gasteiger charge is -2.03. The Morgan fingerprint density at radius 2 is 1.80 bits per heavy atom. The normalized spacial score (nSPS) is 10.9. The first-order valence-corrected chi connectivity index (χ1v) is 4.09. The molecule has 1 N–H and O–H groups in total. The molecule has 78 valence electrons. The second-order valence-electron chi connectivity index (χ2n) is 3.10. The van der Waals surface area contributed by atoms with Crippen molar-refractivity contribution < 1.29 is 8.78 Å². The lowest BCUT2D eigenvalue weighted by molar-refractivity contribution is 0.510. The van der Waals surface area contributed by atoms with Crippen LogP contribution in [0.4, 0.5) is 8.78 Å². The van der Waals surface area contributed by atoms with E-state index in [9.17, 15) is 18.4 Å². The topological polar surface area (TPSA) is 54.9 Å². The van der Waals surface area contributed by atoms with Crippen LogP contribution in [0, 0.1) is 11.6 Å². The van der Waals surface area contributed by atoms with Gasteiger partial charge in [-0.25, -0.2) is 13.6 Å². The molecule has 15 heavy (non-hydrogen) atoms. The van der Waals surface area contributed by atoms with Gasteiger partial charge in [-0.05, 0) is 6.07 Å². The third kappa shape index (κ3) is 1.34. The van der Waals surface area contributed by atoms with Gasteiger partial charge in [-0.15, -0.1) is 0 Å². The van der Waals surface area contributed by atoms with E-state index in [-0.39, 0.29) is 10.9 Å². The maximum Gasteiger partial charge on any atom is 0.328 e. The molecule has 2 rings (SSSR count). The van der Waals surface area contributed by atoms with E-state index in [1.165, 1.54) is 7.05 Å². The largest absolute Gasteiger partial charge is 0.328 e. The Balaban J connectivity index is 3.11. The quantitative estimate of drug-likeness (QED) is 0.691. The molecule has 0 aliphatic carbocycles. The monoisotopic (exact) mass is 212 g/mol. The van der Waals surface area contributed by atoms with Crippen LogP contribution in [0.1, 0.15) is 0 Å². The van der Waals surface area contributed by atoms with Crippen LogP contribution in [-0.4, -0.2) is 9.55 Å². The van der Waals surface area contributed by atoms with E-state index in [2.05, 4.69) is 0 Å². The predicted molar refractivity (Wildman–Crippen MR) is 49.7 cm³/mol. The predicted octanol–water partition coefficient (Wildman–Crippen LogP) is 0.505. The molecule has 0 unspecified atom stereocenters. The maximum absolute atomic E-state index is 12.9. The van der Waals surface area contributed by atoms with Crippen molar-refractivity contribution in [3.8, 4) is 0 Å². The molecule has 6 heteroatoms. The van der Waals surface area contributed by atoms with E-state index in [0.717, 1.165) is 16.7 Å². The van der Waals surface area contributed by atoms with Crippen LogP contribution < -0.4 is 11.2 Å². The van der Waals surface area contributed by atoms with Crippen molar-refractivity contribution >= 4 is 10.9 Å². The number of hydrogen-bond donors (Lipinski definition) is 1. The highest BCUT2D eigenvalue weighted by Gasteiger charge is 2.09. The van der Waals surface area contributed by atoms with Crippen molar-refractivity contribution in [3.05, 3.63) is 44.6 Å². The van der Waals surface area contributed by atoms with Gasteiger partial charge >= 0.3 is 5.69 Å². The van der Waals surface area contributed by atoms with Crippen molar-refractivity contribution in [1.29, 1.82) is 0 Å². The van der Waals surface area contributed by atoms with Crippen molar-refractivity contribution in [2.24, 2.45) is 7.05 Å². The summed E-state index contributed by atoms with van der Waals surface area (Å²) in [5.74, 6) is -2.21. The van der Waals surface area contributed by atoms with E-state index in [0.29, 0.717) is 0 Å². The van der Waals surface area contributed by atoms with Gasteiger partial charge in [0.1, 0.15) is 0 Å². The zero-order valence-electron chi connectivity index (χ0n) is 7.67. The Hall–Kier alpha value is -1.98. The number of fused-ring (bicyclic) bond motifs is 1. The first-order valence-electron chi connectivity index (χ1n) is 4.09. The second-order valence-corrected chi connectivity index (χ2v) is 3.10. The lowest BCUT2D eigenvalue weighted by Crippen LogP contribution is -2.28. The highest BCUT2D eigenvalue weighted by molar-refractivity contribution is 5.77. The molecule has 0 spiro atoms. The Bertz CT molecular complexity index is 657. The van der Waals surface area contributed by atoms with Crippen molar-refractivity contribution in [2.45, 2.75) is 0 Å². The average Bonchev–Trinajstić information content (AvgIpc) is 2.18. The van der Waals surface area contributed by atoms with Crippen LogP contribution in [-0.2, 0) is 7.05 Å². The van der Waals surface area contributed by atoms with Crippen LogP contribution in [0.25, 0.3) is 10.9 Å². The fourth-order valence-corrected chi connectivity index (χ4v) is 1.35. The Labute approximate surface area is 81.8 Å². The standard InChI is InChI=1S/C9H6F2N2O2/c1-13-7-3-6(11)5(10)2-4(7)8(14)12-9(13)15/h2-3H,1H3,(H,12,14,15). The Kier molecular flexibility index (Phi) is 1.92. The fraction of sp³-hybridized carbons (Fsp3) is 0.111. The van der Waals surface area contributed by atoms with E-state index in [1.54, 1.807) is 0 Å². The minimum atomic E-state index is -1.12. The molecular weight excluding hydrogens is 206 g/mol. The van der Waals surface area contributed by atoms with Gasteiger partial charge in [0, 0.05) is 13.1 Å². The molecule has 0 aliphatic rings. The van der Waals surface area contributed by atoms with Gasteiger partial charge in [-0.3, -0.25) is 14.3 Å². The molecule has 1 aromatic heterocycles. The number of benzene rings is 1. The summed E-state index contributed by atoms with van der Waals surface area (Å²) < 4.78 is 26.8. The summed E-state index contributed by atoms with van der Waals surface area (Å²) in [4.78, 5) is 24.4. The molecule has 0 amide bonds. The second kappa shape index (κ2) is 3.01. The van der Waals surface area contributed by atoms with E-state index < -0.39 is 22.9 Å². The number of hydrogen-bond acceptors (Lipinski definition) is 2. The number of aryl methyl sites for hydroxylation is 1. The number of nitrogens with one attached hydrogen (secondary N) is 1. The number of rotatable bonds is 0. The molecule has 1 heterocycles. The molecule has 4 nitrogen and oxygen atoms in total. The molecule has 0 radical (unpaired) electrons. The summed E-state index contributed by atoms with van der Waals surface area (Å²) in [6, 6.07) is 1.59. The number of aromatic nitrogens is 2. The van der Waals surface area contributed by atoms with Gasteiger partial charge in [0.2, 0.25) is 0 Å². The zero-order valence-corrected chi connectivity index (χ0v) is 7.67. The Morgan fingerprint density at radius 3 is 2.47 bits per heavy atom. The van der Waals surface area contributed by atoms with Gasteiger partial charge in [0.05, 0.1) is 10.9 Å². The smallest absolute Gasteiger partial charge is 0.296 e. The molecule has 0 fully saturated rings. The minimum absolute atomic E-state index is 0.0580. The zero-order chi connectivity index (χ0) is 11.2. The third-order valence-corrected chi connectivity index (χ3v) is 2.17. The summed E-state index contributed by atoms with van der Waals surface area (Å²) in [6.45, 7) is 0. The molecular formula is C9H6F2N2O2. The van der Waals surface area contributed by atoms with Crippen LogP contribution in [0.2, 0.25) is 0 Å². The summed E-state index contributed by atoms with van der Waals surface area (Å²) in [7, 11) is 1.36. The van der Waals surface area contributed by atoms with Crippen molar-refractivity contribution in [2.75, 3.05) is 0 Å². The van der Waals surface area contributed by atoms with Crippen LogP contribution in [0.15, 0.2) is 21.7 Å². The minimum Gasteiger partial charge on any atom is -0.296 e. The molecule has 0 aliphatic heterocycles. The molecule has 2 aromatic rings. The highest BCUT2D eigenvalue weighted by atomic mass is 19.2. The summed E-state index contributed by atoms with van der Waals surface area (Å²) in [6.07, 6.45) is 0. The first kappa shape index (κ1) is 9.57. The Morgan fingerprint density at radius 1 is 1.20 bits per heavy atom. The third-order valence-electron chi connectivity index (χ3n) is 2.17. The summed E-state index contributed by atoms with van der Waals surface area (Å²) in [5.41, 5.74) is -1.34. The van der Waals surface area contributed by atoms with Gasteiger partial charge in [-0.2, -0.15) is 0 Å². The summed E-state index contributed by atoms with van der Waals surface area (Å²) in [5, 5.41) is -0.0593. The number of H-pyrrole nitrogens is 1. The summed E-state index contributed by atoms with van der Waals surface area (Å²) >= 11 is 0. The van der Waals surface area contributed by atoms with Gasteiger partial charge in [-0.1, -0.05) is 0 Å². The number of aromatic amines is 1. The van der Waals surface area contributed by atoms with Gasteiger partial charge in [0.15, 0.2) is 11.6 Å². The lowest BCUT2D eigenvalue weighted by atomic mass is 10.2. The molecule has 0 bridgehead atoms. The molecule has 0 saturated heterocycles. The molecule has 1 aromatic carbocycles. The SMILES string of the molecule is Cn1c(=O)[nH]c(=O)c2cc(F)c(F)cc21. The highest BCUT2D eigenvalue weighted by Crippen LogP contribution is 2.12. The van der Waals surface area contributed by atoms with Crippen LogP contribution in [0.5, 0.6) is 0 Å². The van der Waals surface area contributed by atoms with Crippen molar-refractivity contribution in [3.63, 3.8) is 0 Å². The van der Waals surface area contributed by atoms with E-state index >= 15 is 0 Å². The first-order chi connectivity index (χ1) is 7.00. The van der Waals surface area contributed by atoms with E-state index in [4.69, 9.17) is 0 Å². The van der Waals surface area contributed by atoms with Gasteiger partial charge < -0.3 is 0 Å². The van der Waals surface area contributed by atoms with Crippen LogP contribution in [0.3, 0.4) is 0 Å². The average molecular weight is 212 g/mol. The maximum atomic E-state index is 12.9. The number of halogens is 2. The van der Waals surface area contributed by atoms with Gasteiger partial charge in [0.25, 0.3) is 5.56 Å². The fourth-order valence-electron chi connectivity index (χ4n) is 1.35. The van der Waals surface area contributed by atoms with Crippen LogP contribution >= 0.6 is 0 Å². The van der Waals surface area contributed by atoms with E-state index in [1.807, 2.05) is 4.98 Å². The molecule has 0 saturated carbocycles. The molecule has 0 atom stereocenters.